The van der Waals surface area contributed by atoms with Gasteiger partial charge < -0.3 is 15.2 Å². The van der Waals surface area contributed by atoms with Crippen LogP contribution >= 0.6 is 0 Å². The van der Waals surface area contributed by atoms with Gasteiger partial charge in [0.1, 0.15) is 18.0 Å². The van der Waals surface area contributed by atoms with E-state index < -0.39 is 12.2 Å². The average molecular weight is 444 g/mol. The van der Waals surface area contributed by atoms with Gasteiger partial charge in [-0.25, -0.2) is 0 Å². The molecular weight excluding hydrogens is 414 g/mol. The molecule has 0 unspecified atom stereocenters. The topological polar surface area (TPSA) is 74.7 Å². The number of fused-ring (bicyclic) bond motifs is 1. The zero-order chi connectivity index (χ0) is 22.8. The predicted octanol–water partition coefficient (Wildman–Crippen LogP) is 3.13. The number of nitrogens with one attached hydrogen (secondary N) is 1. The third-order valence-electron chi connectivity index (χ3n) is 6.70. The summed E-state index contributed by atoms with van der Waals surface area (Å²) in [6.07, 6.45) is 3.63. The van der Waals surface area contributed by atoms with Crippen LogP contribution in [-0.4, -0.2) is 51.7 Å². The van der Waals surface area contributed by atoms with Crippen molar-refractivity contribution in [3.05, 3.63) is 95.3 Å². The van der Waals surface area contributed by atoms with Gasteiger partial charge in [0.15, 0.2) is 0 Å². The summed E-state index contributed by atoms with van der Waals surface area (Å²) in [5, 5.41) is 14.6. The standard InChI is InChI=1S/C27H29N3O3/c1-18-13-21(16-28-15-18)27(32)29-23-14-24(33-22-9-3-2-4-10-22)26(31)25(23)30-12-11-19-7-5-6-8-20(19)17-30/h2-10,13,15-16,23-26,31H,11-12,14,17H2,1H3,(H,29,32)/t23-,24-,25+,26+/m1/s1. The molecule has 0 radical (unpaired) electrons. The Kier molecular flexibility index (Phi) is 6.11. The highest BCUT2D eigenvalue weighted by Gasteiger charge is 2.48. The van der Waals surface area contributed by atoms with E-state index in [-0.39, 0.29) is 18.0 Å². The average Bonchev–Trinajstić information content (AvgIpc) is 3.13. The fraction of sp³-hybridized carbons (Fsp3) is 0.333. The number of nitrogens with zero attached hydrogens (tertiary/aromatic N) is 2. The first kappa shape index (κ1) is 21.6. The van der Waals surface area contributed by atoms with Crippen molar-refractivity contribution in [1.29, 1.82) is 0 Å². The molecule has 1 amide bonds. The van der Waals surface area contributed by atoms with Gasteiger partial charge in [-0.05, 0) is 48.2 Å². The molecule has 33 heavy (non-hydrogen) atoms. The normalized spacial score (nSPS) is 24.8. The van der Waals surface area contributed by atoms with Gasteiger partial charge in [0.25, 0.3) is 5.91 Å². The molecule has 170 valence electrons. The van der Waals surface area contributed by atoms with Crippen molar-refractivity contribution in [1.82, 2.24) is 15.2 Å². The summed E-state index contributed by atoms with van der Waals surface area (Å²) in [4.78, 5) is 19.5. The lowest BCUT2D eigenvalue weighted by Crippen LogP contribution is -2.54. The number of aryl methyl sites for hydroxylation is 1. The molecule has 1 aliphatic heterocycles. The Bertz CT molecular complexity index is 1120. The van der Waals surface area contributed by atoms with Gasteiger partial charge in [-0.1, -0.05) is 42.5 Å². The van der Waals surface area contributed by atoms with E-state index in [0.29, 0.717) is 12.0 Å². The molecule has 5 rings (SSSR count). The first-order valence-electron chi connectivity index (χ1n) is 11.5. The molecule has 3 aromatic rings. The van der Waals surface area contributed by atoms with Gasteiger partial charge in [-0.3, -0.25) is 14.7 Å². The number of aromatic nitrogens is 1. The van der Waals surface area contributed by atoms with E-state index in [2.05, 4.69) is 39.5 Å². The summed E-state index contributed by atoms with van der Waals surface area (Å²) in [5.41, 5.74) is 4.09. The van der Waals surface area contributed by atoms with E-state index in [1.165, 1.54) is 11.1 Å². The molecule has 2 aromatic carbocycles. The van der Waals surface area contributed by atoms with E-state index in [1.807, 2.05) is 43.3 Å². The van der Waals surface area contributed by atoms with Crippen LogP contribution in [0.5, 0.6) is 5.75 Å². The van der Waals surface area contributed by atoms with E-state index in [4.69, 9.17) is 4.74 Å². The van der Waals surface area contributed by atoms with Crippen molar-refractivity contribution >= 4 is 5.91 Å². The summed E-state index contributed by atoms with van der Waals surface area (Å²) < 4.78 is 6.17. The number of carbonyl (C=O) groups excluding carboxylic acids is 1. The maximum atomic E-state index is 13.1. The van der Waals surface area contributed by atoms with Gasteiger partial charge in [0.05, 0.1) is 17.6 Å². The summed E-state index contributed by atoms with van der Waals surface area (Å²) in [7, 11) is 0. The van der Waals surface area contributed by atoms with Crippen LogP contribution in [0, 0.1) is 6.92 Å². The zero-order valence-electron chi connectivity index (χ0n) is 18.7. The molecule has 1 aliphatic carbocycles. The minimum atomic E-state index is -0.726. The first-order chi connectivity index (χ1) is 16.1. The van der Waals surface area contributed by atoms with Crippen LogP contribution < -0.4 is 10.1 Å². The first-order valence-corrected chi connectivity index (χ1v) is 11.5. The lowest BCUT2D eigenvalue weighted by molar-refractivity contribution is 0.00259. The van der Waals surface area contributed by atoms with Crippen molar-refractivity contribution in [3.8, 4) is 5.75 Å². The molecule has 6 heteroatoms. The van der Waals surface area contributed by atoms with Gasteiger partial charge in [-0.15, -0.1) is 0 Å². The molecular formula is C27H29N3O3. The fourth-order valence-electron chi connectivity index (χ4n) is 5.10. The molecule has 4 atom stereocenters. The molecule has 0 bridgehead atoms. The number of rotatable bonds is 5. The summed E-state index contributed by atoms with van der Waals surface area (Å²) in [5.74, 6) is 0.547. The van der Waals surface area contributed by atoms with Gasteiger partial charge in [0, 0.05) is 31.9 Å². The van der Waals surface area contributed by atoms with Gasteiger partial charge >= 0.3 is 0 Å². The predicted molar refractivity (Wildman–Crippen MR) is 126 cm³/mol. The third-order valence-corrected chi connectivity index (χ3v) is 6.70. The monoisotopic (exact) mass is 443 g/mol. The van der Waals surface area contributed by atoms with E-state index in [0.717, 1.165) is 30.8 Å². The summed E-state index contributed by atoms with van der Waals surface area (Å²) >= 11 is 0. The quantitative estimate of drug-likeness (QED) is 0.634. The van der Waals surface area contributed by atoms with Crippen molar-refractivity contribution < 1.29 is 14.6 Å². The van der Waals surface area contributed by atoms with Crippen LogP contribution in [0.15, 0.2) is 73.1 Å². The Morgan fingerprint density at radius 1 is 1.09 bits per heavy atom. The van der Waals surface area contributed by atoms with Gasteiger partial charge in [0.2, 0.25) is 0 Å². The number of pyridine rings is 1. The van der Waals surface area contributed by atoms with Crippen molar-refractivity contribution in [2.75, 3.05) is 6.54 Å². The number of hydrogen-bond donors (Lipinski definition) is 2. The number of para-hydroxylation sites is 1. The smallest absolute Gasteiger partial charge is 0.253 e. The molecule has 0 saturated heterocycles. The number of hydrogen-bond acceptors (Lipinski definition) is 5. The molecule has 0 spiro atoms. The number of carbonyl (C=O) groups is 1. The number of ether oxygens (including phenoxy) is 1. The van der Waals surface area contributed by atoms with Crippen LogP contribution in [0.1, 0.15) is 33.5 Å². The van der Waals surface area contributed by atoms with E-state index in [9.17, 15) is 9.90 Å². The SMILES string of the molecule is Cc1cncc(C(=O)N[C@@H]2C[C@@H](Oc3ccccc3)[C@H](O)[C@H]2N2CCc3ccccc3C2)c1. The fourth-order valence-corrected chi connectivity index (χ4v) is 5.10. The largest absolute Gasteiger partial charge is 0.488 e. The van der Waals surface area contributed by atoms with Crippen LogP contribution in [0.2, 0.25) is 0 Å². The Hall–Kier alpha value is -3.22. The molecule has 2 N–H and O–H groups in total. The Morgan fingerprint density at radius 3 is 2.64 bits per heavy atom. The number of benzene rings is 2. The zero-order valence-corrected chi connectivity index (χ0v) is 18.7. The number of aliphatic hydroxyl groups is 1. The van der Waals surface area contributed by atoms with Crippen molar-refractivity contribution in [2.24, 2.45) is 0 Å². The molecule has 1 fully saturated rings. The highest BCUT2D eigenvalue weighted by Crippen LogP contribution is 2.32. The van der Waals surface area contributed by atoms with Crippen molar-refractivity contribution in [3.63, 3.8) is 0 Å². The Morgan fingerprint density at radius 2 is 1.85 bits per heavy atom. The maximum absolute atomic E-state index is 13.1. The summed E-state index contributed by atoms with van der Waals surface area (Å²) in [6, 6.07) is 19.3. The summed E-state index contributed by atoms with van der Waals surface area (Å²) in [6.45, 7) is 3.49. The minimum Gasteiger partial charge on any atom is -0.488 e. The highest BCUT2D eigenvalue weighted by molar-refractivity contribution is 5.94. The second-order valence-corrected chi connectivity index (χ2v) is 9.01. The van der Waals surface area contributed by atoms with E-state index in [1.54, 1.807) is 12.4 Å². The Labute approximate surface area is 194 Å². The number of amides is 1. The maximum Gasteiger partial charge on any atom is 0.253 e. The van der Waals surface area contributed by atoms with Crippen LogP contribution in [-0.2, 0) is 13.0 Å². The van der Waals surface area contributed by atoms with E-state index >= 15 is 0 Å². The lowest BCUT2D eigenvalue weighted by atomic mass is 9.97. The molecule has 1 aromatic heterocycles. The van der Waals surface area contributed by atoms with Crippen molar-refractivity contribution in [2.45, 2.75) is 50.6 Å². The Balaban J connectivity index is 1.39. The highest BCUT2D eigenvalue weighted by atomic mass is 16.5. The molecule has 1 saturated carbocycles. The molecule has 2 heterocycles. The molecule has 6 nitrogen and oxygen atoms in total. The molecule has 2 aliphatic rings. The second kappa shape index (κ2) is 9.33. The van der Waals surface area contributed by atoms with Crippen LogP contribution in [0.4, 0.5) is 0 Å². The third kappa shape index (κ3) is 4.63. The van der Waals surface area contributed by atoms with Gasteiger partial charge in [-0.2, -0.15) is 0 Å². The second-order valence-electron chi connectivity index (χ2n) is 9.01. The van der Waals surface area contributed by atoms with Crippen LogP contribution in [0.3, 0.4) is 0 Å². The number of aliphatic hydroxyl groups excluding tert-OH is 1. The van der Waals surface area contributed by atoms with Crippen LogP contribution in [0.25, 0.3) is 0 Å². The lowest BCUT2D eigenvalue weighted by Gasteiger charge is -2.38. The minimum absolute atomic E-state index is 0.175.